The molecule has 0 aliphatic heterocycles. The Bertz CT molecular complexity index is 339. The minimum absolute atomic E-state index is 0.0780. The van der Waals surface area contributed by atoms with E-state index in [1.54, 1.807) is 19.2 Å². The molecule has 0 aromatic heterocycles. The van der Waals surface area contributed by atoms with Crippen LogP contribution >= 0.6 is 0 Å². The molecule has 0 amide bonds. The summed E-state index contributed by atoms with van der Waals surface area (Å²) >= 11 is 0. The second kappa shape index (κ2) is 7.09. The number of carbonyl (C=O) groups is 1. The Morgan fingerprint density at radius 3 is 2.75 bits per heavy atom. The van der Waals surface area contributed by atoms with Crippen LogP contribution in [-0.2, 0) is 9.47 Å². The predicted molar refractivity (Wildman–Crippen MR) is 58.0 cm³/mol. The van der Waals surface area contributed by atoms with E-state index in [2.05, 4.69) is 0 Å². The number of ketones is 1. The zero-order chi connectivity index (χ0) is 11.8. The number of benzene rings is 1. The molecule has 0 radical (unpaired) electrons. The summed E-state index contributed by atoms with van der Waals surface area (Å²) in [6.07, 6.45) is 0.723. The van der Waals surface area contributed by atoms with Crippen molar-refractivity contribution >= 4 is 5.78 Å². The van der Waals surface area contributed by atoms with Gasteiger partial charge >= 0.3 is 0 Å². The Morgan fingerprint density at radius 1 is 1.31 bits per heavy atom. The van der Waals surface area contributed by atoms with Crippen LogP contribution < -0.4 is 0 Å². The van der Waals surface area contributed by atoms with Gasteiger partial charge in [-0.2, -0.15) is 0 Å². The van der Waals surface area contributed by atoms with Gasteiger partial charge in [0.05, 0.1) is 5.56 Å². The number of hydrogen-bond donors (Lipinski definition) is 0. The zero-order valence-electron chi connectivity index (χ0n) is 9.24. The summed E-state index contributed by atoms with van der Waals surface area (Å²) in [4.78, 5) is 11.5. The van der Waals surface area contributed by atoms with Gasteiger partial charge in [0.2, 0.25) is 0 Å². The van der Waals surface area contributed by atoms with E-state index in [4.69, 9.17) is 9.47 Å². The van der Waals surface area contributed by atoms with Crippen LogP contribution in [0.2, 0.25) is 0 Å². The van der Waals surface area contributed by atoms with Gasteiger partial charge < -0.3 is 9.47 Å². The lowest BCUT2D eigenvalue weighted by Crippen LogP contribution is -2.12. The van der Waals surface area contributed by atoms with Gasteiger partial charge in [-0.15, -0.1) is 0 Å². The lowest BCUT2D eigenvalue weighted by molar-refractivity contribution is 0.0701. The van der Waals surface area contributed by atoms with Crippen molar-refractivity contribution in [2.45, 2.75) is 6.42 Å². The van der Waals surface area contributed by atoms with Crippen molar-refractivity contribution in [2.75, 3.05) is 26.9 Å². The van der Waals surface area contributed by atoms with Crippen molar-refractivity contribution in [3.8, 4) is 0 Å². The molecule has 0 spiro atoms. The molecule has 0 atom stereocenters. The predicted octanol–water partition coefficient (Wildman–Crippen LogP) is 2.06. The molecule has 0 aliphatic carbocycles. The topological polar surface area (TPSA) is 35.5 Å². The van der Waals surface area contributed by atoms with Gasteiger partial charge in [0.1, 0.15) is 12.4 Å². The Labute approximate surface area is 94.2 Å². The van der Waals surface area contributed by atoms with Crippen LogP contribution in [0.3, 0.4) is 0 Å². The molecule has 3 nitrogen and oxygen atoms in total. The van der Waals surface area contributed by atoms with E-state index in [-0.39, 0.29) is 18.0 Å². The molecule has 0 saturated heterocycles. The highest BCUT2D eigenvalue weighted by Crippen LogP contribution is 2.07. The lowest BCUT2D eigenvalue weighted by atomic mass is 10.1. The smallest absolute Gasteiger partial charge is 0.191 e. The molecule has 0 bridgehead atoms. The fraction of sp³-hybridized carbons (Fsp3) is 0.417. The molecule has 0 N–H and O–H groups in total. The standard InChI is InChI=1S/C12H15FO3/c1-15-7-4-8-16-9-12(14)10-5-2-3-6-11(10)13/h2-3,5-6H,4,7-9H2,1H3. The first-order valence-electron chi connectivity index (χ1n) is 5.10. The van der Waals surface area contributed by atoms with Gasteiger partial charge in [0, 0.05) is 20.3 Å². The number of hydrogen-bond acceptors (Lipinski definition) is 3. The molecule has 16 heavy (non-hydrogen) atoms. The van der Waals surface area contributed by atoms with Crippen LogP contribution in [0, 0.1) is 5.82 Å². The lowest BCUT2D eigenvalue weighted by Gasteiger charge is -2.04. The Hall–Kier alpha value is -1.26. The number of halogens is 1. The summed E-state index contributed by atoms with van der Waals surface area (Å²) in [5.74, 6) is -0.844. The fourth-order valence-electron chi connectivity index (χ4n) is 1.24. The van der Waals surface area contributed by atoms with Crippen LogP contribution in [-0.4, -0.2) is 32.7 Å². The average Bonchev–Trinajstić information content (AvgIpc) is 2.29. The van der Waals surface area contributed by atoms with E-state index >= 15 is 0 Å². The number of Topliss-reactive ketones (excluding diaryl/α,β-unsaturated/α-hetero) is 1. The number of methoxy groups -OCH3 is 1. The SMILES string of the molecule is COCCCOCC(=O)c1ccccc1F. The summed E-state index contributed by atoms with van der Waals surface area (Å²) in [5.41, 5.74) is 0.0780. The number of rotatable bonds is 7. The fourth-order valence-corrected chi connectivity index (χ4v) is 1.24. The number of carbonyl (C=O) groups excluding carboxylic acids is 1. The molecule has 0 fully saturated rings. The van der Waals surface area contributed by atoms with Crippen LogP contribution in [0.25, 0.3) is 0 Å². The molecule has 0 saturated carbocycles. The molecule has 1 aromatic rings. The normalized spacial score (nSPS) is 10.4. The second-order valence-electron chi connectivity index (χ2n) is 3.30. The Morgan fingerprint density at radius 2 is 2.06 bits per heavy atom. The highest BCUT2D eigenvalue weighted by atomic mass is 19.1. The first-order valence-corrected chi connectivity index (χ1v) is 5.10. The summed E-state index contributed by atoms with van der Waals surface area (Å²) < 4.78 is 23.1. The minimum atomic E-state index is -0.506. The first kappa shape index (κ1) is 12.8. The molecule has 1 aromatic carbocycles. The third kappa shape index (κ3) is 4.08. The zero-order valence-corrected chi connectivity index (χ0v) is 9.24. The maximum absolute atomic E-state index is 13.2. The van der Waals surface area contributed by atoms with Crippen LogP contribution in [0.4, 0.5) is 4.39 Å². The van der Waals surface area contributed by atoms with Gasteiger partial charge in [-0.25, -0.2) is 4.39 Å². The van der Waals surface area contributed by atoms with Crippen molar-refractivity contribution in [3.63, 3.8) is 0 Å². The van der Waals surface area contributed by atoms with Gasteiger partial charge in [0.25, 0.3) is 0 Å². The molecule has 0 unspecified atom stereocenters. The maximum atomic E-state index is 13.2. The first-order chi connectivity index (χ1) is 7.75. The third-order valence-corrected chi connectivity index (χ3v) is 2.04. The highest BCUT2D eigenvalue weighted by molar-refractivity contribution is 5.97. The molecule has 0 aliphatic rings. The summed E-state index contributed by atoms with van der Waals surface area (Å²) in [7, 11) is 1.60. The van der Waals surface area contributed by atoms with E-state index in [0.29, 0.717) is 13.2 Å². The summed E-state index contributed by atoms with van der Waals surface area (Å²) in [6, 6.07) is 5.89. The van der Waals surface area contributed by atoms with E-state index in [0.717, 1.165) is 6.42 Å². The Kier molecular flexibility index (Phi) is 5.67. The van der Waals surface area contributed by atoms with Crippen molar-refractivity contribution < 1.29 is 18.7 Å². The highest BCUT2D eigenvalue weighted by Gasteiger charge is 2.10. The van der Waals surface area contributed by atoms with Crippen LogP contribution in [0.1, 0.15) is 16.8 Å². The molecular formula is C12H15FO3. The van der Waals surface area contributed by atoms with Crippen molar-refractivity contribution in [1.29, 1.82) is 0 Å². The minimum Gasteiger partial charge on any atom is -0.385 e. The maximum Gasteiger partial charge on any atom is 0.191 e. The molecule has 88 valence electrons. The third-order valence-electron chi connectivity index (χ3n) is 2.04. The van der Waals surface area contributed by atoms with Gasteiger partial charge in [-0.1, -0.05) is 12.1 Å². The van der Waals surface area contributed by atoms with Crippen molar-refractivity contribution in [3.05, 3.63) is 35.6 Å². The molecule has 4 heteroatoms. The van der Waals surface area contributed by atoms with Gasteiger partial charge in [-0.05, 0) is 18.6 Å². The largest absolute Gasteiger partial charge is 0.385 e. The van der Waals surface area contributed by atoms with Gasteiger partial charge in [-0.3, -0.25) is 4.79 Å². The molecule has 1 rings (SSSR count). The van der Waals surface area contributed by atoms with Crippen molar-refractivity contribution in [2.24, 2.45) is 0 Å². The van der Waals surface area contributed by atoms with E-state index in [9.17, 15) is 9.18 Å². The van der Waals surface area contributed by atoms with Gasteiger partial charge in [0.15, 0.2) is 5.78 Å². The quantitative estimate of drug-likeness (QED) is 0.527. The van der Waals surface area contributed by atoms with Crippen LogP contribution in [0.15, 0.2) is 24.3 Å². The van der Waals surface area contributed by atoms with Crippen LogP contribution in [0.5, 0.6) is 0 Å². The number of ether oxygens (including phenoxy) is 2. The van der Waals surface area contributed by atoms with E-state index < -0.39 is 5.82 Å². The summed E-state index contributed by atoms with van der Waals surface area (Å²) in [5, 5.41) is 0. The monoisotopic (exact) mass is 226 g/mol. The average molecular weight is 226 g/mol. The summed E-state index contributed by atoms with van der Waals surface area (Å²) in [6.45, 7) is 0.937. The van der Waals surface area contributed by atoms with Crippen molar-refractivity contribution in [1.82, 2.24) is 0 Å². The molecule has 0 heterocycles. The van der Waals surface area contributed by atoms with E-state index in [1.807, 2.05) is 0 Å². The van der Waals surface area contributed by atoms with E-state index in [1.165, 1.54) is 12.1 Å². The Balaban J connectivity index is 2.33. The molecular weight excluding hydrogens is 211 g/mol. The second-order valence-corrected chi connectivity index (χ2v) is 3.30.